The number of rotatable bonds is 0. The Morgan fingerprint density at radius 3 is 3.50 bits per heavy atom. The molecular formula is C6H5NO. The summed E-state index contributed by atoms with van der Waals surface area (Å²) in [6.07, 6.45) is 5.71. The third-order valence-corrected chi connectivity index (χ3v) is 1.22. The van der Waals surface area contributed by atoms with Crippen molar-refractivity contribution >= 4 is 5.90 Å². The van der Waals surface area contributed by atoms with E-state index in [0.29, 0.717) is 6.61 Å². The summed E-state index contributed by atoms with van der Waals surface area (Å²) in [7, 11) is 0. The molecule has 0 amide bonds. The van der Waals surface area contributed by atoms with Crippen LogP contribution in [0.3, 0.4) is 0 Å². The number of ether oxygens (including phenoxy) is 1. The molecule has 40 valence electrons. The Kier molecular flexibility index (Phi) is 0.592. The standard InChI is InChI=1S/C6H5NO/c1-3-7-6-5(1)2-4-8-6/h1-3H,4H2. The van der Waals surface area contributed by atoms with Crippen molar-refractivity contribution in [3.63, 3.8) is 0 Å². The Morgan fingerprint density at radius 1 is 1.62 bits per heavy atom. The van der Waals surface area contributed by atoms with Crippen molar-refractivity contribution < 1.29 is 4.74 Å². The molecule has 0 aliphatic carbocycles. The first-order valence-corrected chi connectivity index (χ1v) is 2.54. The van der Waals surface area contributed by atoms with E-state index in [1.165, 1.54) is 0 Å². The van der Waals surface area contributed by atoms with E-state index < -0.39 is 0 Å². The fraction of sp³-hybridized carbons (Fsp3) is 0.167. The molecule has 0 saturated carbocycles. The molecule has 0 bridgehead atoms. The Hall–Kier alpha value is -1.05. The minimum absolute atomic E-state index is 0.693. The minimum atomic E-state index is 0.693. The molecule has 0 spiro atoms. The van der Waals surface area contributed by atoms with E-state index in [4.69, 9.17) is 4.74 Å². The van der Waals surface area contributed by atoms with E-state index in [1.807, 2.05) is 12.2 Å². The second-order valence-corrected chi connectivity index (χ2v) is 1.72. The molecule has 2 nitrogen and oxygen atoms in total. The van der Waals surface area contributed by atoms with Crippen LogP contribution < -0.4 is 0 Å². The zero-order valence-electron chi connectivity index (χ0n) is 4.29. The topological polar surface area (TPSA) is 21.6 Å². The van der Waals surface area contributed by atoms with Gasteiger partial charge in [0.1, 0.15) is 6.61 Å². The van der Waals surface area contributed by atoms with Crippen molar-refractivity contribution in [2.24, 2.45) is 4.99 Å². The molecule has 0 fully saturated rings. The zero-order chi connectivity index (χ0) is 5.40. The molecule has 0 N–H and O–H groups in total. The van der Waals surface area contributed by atoms with Crippen molar-refractivity contribution in [3.05, 3.63) is 23.9 Å². The highest BCUT2D eigenvalue weighted by Gasteiger charge is 2.13. The highest BCUT2D eigenvalue weighted by molar-refractivity contribution is 6.00. The molecular weight excluding hydrogens is 102 g/mol. The molecule has 0 radical (unpaired) electrons. The molecule has 2 heterocycles. The molecule has 2 aliphatic rings. The van der Waals surface area contributed by atoms with Crippen LogP contribution in [0.2, 0.25) is 0 Å². The number of nitrogens with zero attached hydrogens (tertiary/aromatic N) is 1. The van der Waals surface area contributed by atoms with Crippen LogP contribution in [0.4, 0.5) is 0 Å². The van der Waals surface area contributed by atoms with Gasteiger partial charge in [-0.3, -0.25) is 0 Å². The van der Waals surface area contributed by atoms with Crippen LogP contribution in [0.1, 0.15) is 0 Å². The van der Waals surface area contributed by atoms with Crippen LogP contribution in [0, 0.1) is 0 Å². The average Bonchev–Trinajstić information content (AvgIpc) is 2.15. The van der Waals surface area contributed by atoms with Gasteiger partial charge in [0.05, 0.1) is 0 Å². The van der Waals surface area contributed by atoms with Gasteiger partial charge < -0.3 is 4.74 Å². The maximum atomic E-state index is 5.07. The summed E-state index contributed by atoms with van der Waals surface area (Å²) in [5.74, 6) is 0.782. The first-order chi connectivity index (χ1) is 3.97. The Labute approximate surface area is 47.2 Å². The first kappa shape index (κ1) is 3.89. The quantitative estimate of drug-likeness (QED) is 0.450. The van der Waals surface area contributed by atoms with Gasteiger partial charge in [-0.05, 0) is 12.2 Å². The average molecular weight is 107 g/mol. The summed E-state index contributed by atoms with van der Waals surface area (Å²) < 4.78 is 5.07. The first-order valence-electron chi connectivity index (χ1n) is 2.54. The van der Waals surface area contributed by atoms with Crippen LogP contribution in [-0.2, 0) is 4.74 Å². The number of fused-ring (bicyclic) bond motifs is 1. The summed E-state index contributed by atoms with van der Waals surface area (Å²) in [4.78, 5) is 3.94. The van der Waals surface area contributed by atoms with Gasteiger partial charge in [-0.2, -0.15) is 0 Å². The number of hydrogen-bond donors (Lipinski definition) is 0. The van der Waals surface area contributed by atoms with Crippen LogP contribution in [-0.4, -0.2) is 12.5 Å². The third-order valence-electron chi connectivity index (χ3n) is 1.22. The fourth-order valence-electron chi connectivity index (χ4n) is 0.817. The minimum Gasteiger partial charge on any atom is -0.473 e. The van der Waals surface area contributed by atoms with Gasteiger partial charge >= 0.3 is 0 Å². The summed E-state index contributed by atoms with van der Waals surface area (Å²) >= 11 is 0. The van der Waals surface area contributed by atoms with E-state index in [0.717, 1.165) is 11.5 Å². The summed E-state index contributed by atoms with van der Waals surface area (Å²) in [5.41, 5.74) is 1.13. The van der Waals surface area contributed by atoms with E-state index in [2.05, 4.69) is 4.99 Å². The zero-order valence-corrected chi connectivity index (χ0v) is 4.29. The molecule has 2 rings (SSSR count). The molecule has 0 unspecified atom stereocenters. The summed E-state index contributed by atoms with van der Waals surface area (Å²) in [5, 5.41) is 0. The lowest BCUT2D eigenvalue weighted by atomic mass is 10.3. The Morgan fingerprint density at radius 2 is 2.62 bits per heavy atom. The Balaban J connectivity index is 2.49. The molecule has 0 aromatic rings. The predicted molar refractivity (Wildman–Crippen MR) is 30.6 cm³/mol. The molecule has 0 atom stereocenters. The lowest BCUT2D eigenvalue weighted by molar-refractivity contribution is 0.367. The normalized spacial score (nSPS) is 22.0. The fourth-order valence-corrected chi connectivity index (χ4v) is 0.817. The molecule has 0 saturated heterocycles. The maximum Gasteiger partial charge on any atom is 0.220 e. The van der Waals surface area contributed by atoms with Gasteiger partial charge in [0.25, 0.3) is 0 Å². The summed E-state index contributed by atoms with van der Waals surface area (Å²) in [6, 6.07) is 0. The molecule has 0 aromatic carbocycles. The van der Waals surface area contributed by atoms with Gasteiger partial charge in [-0.1, -0.05) is 0 Å². The van der Waals surface area contributed by atoms with E-state index in [1.54, 1.807) is 6.20 Å². The van der Waals surface area contributed by atoms with Crippen molar-refractivity contribution in [3.8, 4) is 0 Å². The SMILES string of the molecule is C1=CC2=CCOC2=N1. The van der Waals surface area contributed by atoms with Crippen molar-refractivity contribution in [2.45, 2.75) is 0 Å². The smallest absolute Gasteiger partial charge is 0.220 e. The lowest BCUT2D eigenvalue weighted by Crippen LogP contribution is -1.93. The highest BCUT2D eigenvalue weighted by Crippen LogP contribution is 2.14. The number of hydrogen-bond acceptors (Lipinski definition) is 2. The van der Waals surface area contributed by atoms with Crippen LogP contribution in [0.15, 0.2) is 28.9 Å². The lowest BCUT2D eigenvalue weighted by Gasteiger charge is -1.90. The van der Waals surface area contributed by atoms with Gasteiger partial charge in [-0.25, -0.2) is 4.99 Å². The third kappa shape index (κ3) is 0.346. The van der Waals surface area contributed by atoms with Crippen LogP contribution in [0.25, 0.3) is 0 Å². The monoisotopic (exact) mass is 107 g/mol. The van der Waals surface area contributed by atoms with Crippen molar-refractivity contribution in [1.82, 2.24) is 0 Å². The van der Waals surface area contributed by atoms with Crippen LogP contribution in [0.5, 0.6) is 0 Å². The highest BCUT2D eigenvalue weighted by atomic mass is 16.5. The molecule has 2 aliphatic heterocycles. The second kappa shape index (κ2) is 1.22. The van der Waals surface area contributed by atoms with Crippen molar-refractivity contribution in [1.29, 1.82) is 0 Å². The van der Waals surface area contributed by atoms with E-state index in [-0.39, 0.29) is 0 Å². The van der Waals surface area contributed by atoms with Gasteiger partial charge in [0.15, 0.2) is 0 Å². The molecule has 0 aromatic heterocycles. The molecule has 2 heteroatoms. The van der Waals surface area contributed by atoms with Gasteiger partial charge in [0, 0.05) is 11.8 Å². The maximum absolute atomic E-state index is 5.07. The van der Waals surface area contributed by atoms with Gasteiger partial charge in [0.2, 0.25) is 5.90 Å². The van der Waals surface area contributed by atoms with Crippen LogP contribution >= 0.6 is 0 Å². The Bertz CT molecular complexity index is 201. The largest absolute Gasteiger partial charge is 0.473 e. The van der Waals surface area contributed by atoms with Crippen molar-refractivity contribution in [2.75, 3.05) is 6.61 Å². The molecule has 8 heavy (non-hydrogen) atoms. The van der Waals surface area contributed by atoms with E-state index in [9.17, 15) is 0 Å². The second-order valence-electron chi connectivity index (χ2n) is 1.72. The van der Waals surface area contributed by atoms with E-state index >= 15 is 0 Å². The van der Waals surface area contributed by atoms with Gasteiger partial charge in [-0.15, -0.1) is 0 Å². The number of aliphatic imine (C=N–C) groups is 1. The summed E-state index contributed by atoms with van der Waals surface area (Å²) in [6.45, 7) is 0.693. The predicted octanol–water partition coefficient (Wildman–Crippen LogP) is 0.869.